The van der Waals surface area contributed by atoms with E-state index in [1.165, 1.54) is 0 Å². The maximum Gasteiger partial charge on any atom is 0.191 e. The van der Waals surface area contributed by atoms with Crippen LogP contribution in [0.4, 0.5) is 0 Å². The Balaban J connectivity index is 1.56. The van der Waals surface area contributed by atoms with E-state index in [1.54, 1.807) is 17.5 Å². The van der Waals surface area contributed by atoms with Crippen molar-refractivity contribution in [3.8, 4) is 5.75 Å². The van der Waals surface area contributed by atoms with E-state index in [-0.39, 0.29) is 0 Å². The van der Waals surface area contributed by atoms with E-state index < -0.39 is 0 Å². The number of nitrogens with zero attached hydrogens (tertiary/aromatic N) is 3. The van der Waals surface area contributed by atoms with Gasteiger partial charge in [0.25, 0.3) is 0 Å². The zero-order valence-electron chi connectivity index (χ0n) is 17.8. The number of nitrogens with one attached hydrogen (secondary N) is 2. The number of benzene rings is 1. The molecular formula is C23H29N5OS. The van der Waals surface area contributed by atoms with Crippen molar-refractivity contribution in [1.82, 2.24) is 20.6 Å². The summed E-state index contributed by atoms with van der Waals surface area (Å²) in [6.45, 7) is 8.85. The van der Waals surface area contributed by atoms with Gasteiger partial charge >= 0.3 is 0 Å². The van der Waals surface area contributed by atoms with Crippen LogP contribution in [0, 0.1) is 0 Å². The van der Waals surface area contributed by atoms with Crippen molar-refractivity contribution in [2.45, 2.75) is 46.4 Å². The first kappa shape index (κ1) is 21.8. The number of ether oxygens (including phenoxy) is 1. The smallest absolute Gasteiger partial charge is 0.191 e. The highest BCUT2D eigenvalue weighted by atomic mass is 32.1. The van der Waals surface area contributed by atoms with Crippen LogP contribution in [-0.2, 0) is 19.7 Å². The van der Waals surface area contributed by atoms with Crippen molar-refractivity contribution in [3.63, 3.8) is 0 Å². The predicted molar refractivity (Wildman–Crippen MR) is 123 cm³/mol. The molecule has 158 valence electrons. The van der Waals surface area contributed by atoms with Crippen LogP contribution in [0.15, 0.2) is 59.0 Å². The quantitative estimate of drug-likeness (QED) is 0.392. The number of aliphatic imine (C=N–C) groups is 1. The molecule has 3 aromatic rings. The van der Waals surface area contributed by atoms with Gasteiger partial charge in [0.2, 0.25) is 0 Å². The molecule has 0 unspecified atom stereocenters. The number of pyridine rings is 1. The minimum atomic E-state index is 0.448. The lowest BCUT2D eigenvalue weighted by atomic mass is 10.2. The minimum absolute atomic E-state index is 0.448. The fourth-order valence-electron chi connectivity index (χ4n) is 2.72. The highest BCUT2D eigenvalue weighted by Gasteiger charge is 2.06. The second-order valence-corrected chi connectivity index (χ2v) is 8.07. The number of rotatable bonds is 9. The third kappa shape index (κ3) is 6.84. The summed E-state index contributed by atoms with van der Waals surface area (Å²) < 4.78 is 5.86. The molecule has 0 spiro atoms. The van der Waals surface area contributed by atoms with Crippen LogP contribution in [-0.4, -0.2) is 22.5 Å². The Bertz CT molecular complexity index is 940. The lowest BCUT2D eigenvalue weighted by Gasteiger charge is -2.11. The van der Waals surface area contributed by atoms with Crippen molar-refractivity contribution in [2.24, 2.45) is 4.99 Å². The molecule has 6 nitrogen and oxygen atoms in total. The Labute approximate surface area is 182 Å². The zero-order chi connectivity index (χ0) is 21.2. The third-order valence-corrected chi connectivity index (χ3v) is 5.21. The predicted octanol–water partition coefficient (Wildman–Crippen LogP) is 4.50. The van der Waals surface area contributed by atoms with Crippen molar-refractivity contribution >= 4 is 17.3 Å². The van der Waals surface area contributed by atoms with Crippen molar-refractivity contribution in [3.05, 3.63) is 76.0 Å². The van der Waals surface area contributed by atoms with Crippen molar-refractivity contribution < 1.29 is 4.74 Å². The van der Waals surface area contributed by atoms with Gasteiger partial charge in [-0.2, -0.15) is 0 Å². The Morgan fingerprint density at radius 1 is 1.17 bits per heavy atom. The second kappa shape index (κ2) is 11.3. The Morgan fingerprint density at radius 2 is 2.07 bits per heavy atom. The van der Waals surface area contributed by atoms with Gasteiger partial charge < -0.3 is 15.4 Å². The second-order valence-electron chi connectivity index (χ2n) is 7.13. The molecule has 30 heavy (non-hydrogen) atoms. The van der Waals surface area contributed by atoms with Gasteiger partial charge in [-0.3, -0.25) is 4.98 Å². The number of aromatic nitrogens is 2. The SMILES string of the molecule is CCNC(=NCc1cccc(OCc2ccccn2)c1)NCc1nc(C(C)C)cs1. The van der Waals surface area contributed by atoms with Gasteiger partial charge in [-0.25, -0.2) is 9.98 Å². The molecule has 0 aliphatic heterocycles. The number of guanidine groups is 1. The van der Waals surface area contributed by atoms with Crippen LogP contribution >= 0.6 is 11.3 Å². The molecule has 0 aliphatic rings. The highest BCUT2D eigenvalue weighted by Crippen LogP contribution is 2.18. The van der Waals surface area contributed by atoms with Crippen LogP contribution in [0.1, 0.15) is 48.6 Å². The number of hydrogen-bond donors (Lipinski definition) is 2. The molecule has 0 fully saturated rings. The Hall–Kier alpha value is -2.93. The average molecular weight is 424 g/mol. The first-order valence-electron chi connectivity index (χ1n) is 10.2. The van der Waals surface area contributed by atoms with Gasteiger partial charge in [-0.1, -0.05) is 32.0 Å². The van der Waals surface area contributed by atoms with Gasteiger partial charge in [0.05, 0.1) is 24.5 Å². The molecule has 0 radical (unpaired) electrons. The lowest BCUT2D eigenvalue weighted by molar-refractivity contribution is 0.301. The fraction of sp³-hybridized carbons (Fsp3) is 0.348. The summed E-state index contributed by atoms with van der Waals surface area (Å²) in [6.07, 6.45) is 1.77. The van der Waals surface area contributed by atoms with Crippen LogP contribution in [0.5, 0.6) is 5.75 Å². The van der Waals surface area contributed by atoms with E-state index >= 15 is 0 Å². The van der Waals surface area contributed by atoms with E-state index in [0.717, 1.165) is 40.2 Å². The van der Waals surface area contributed by atoms with Gasteiger partial charge in [0.1, 0.15) is 17.4 Å². The minimum Gasteiger partial charge on any atom is -0.487 e. The highest BCUT2D eigenvalue weighted by molar-refractivity contribution is 7.09. The normalized spacial score (nSPS) is 11.5. The molecule has 7 heteroatoms. The average Bonchev–Trinajstić information content (AvgIpc) is 3.25. The van der Waals surface area contributed by atoms with Crippen LogP contribution in [0.3, 0.4) is 0 Å². The largest absolute Gasteiger partial charge is 0.487 e. The lowest BCUT2D eigenvalue weighted by Crippen LogP contribution is -2.36. The third-order valence-electron chi connectivity index (χ3n) is 4.34. The molecule has 0 saturated heterocycles. The molecule has 2 aromatic heterocycles. The van der Waals surface area contributed by atoms with E-state index in [2.05, 4.69) is 52.8 Å². The van der Waals surface area contributed by atoms with Crippen LogP contribution < -0.4 is 15.4 Å². The van der Waals surface area contributed by atoms with E-state index in [4.69, 9.17) is 9.73 Å². The monoisotopic (exact) mass is 423 g/mol. The molecule has 0 saturated carbocycles. The maximum atomic E-state index is 5.86. The molecule has 2 heterocycles. The number of hydrogen-bond acceptors (Lipinski definition) is 5. The van der Waals surface area contributed by atoms with Crippen molar-refractivity contribution in [1.29, 1.82) is 0 Å². The molecule has 0 bridgehead atoms. The van der Waals surface area contributed by atoms with Crippen molar-refractivity contribution in [2.75, 3.05) is 6.54 Å². The molecule has 3 rings (SSSR count). The zero-order valence-corrected chi connectivity index (χ0v) is 18.6. The molecule has 0 atom stereocenters. The summed E-state index contributed by atoms with van der Waals surface area (Å²) in [5.41, 5.74) is 3.13. The molecule has 2 N–H and O–H groups in total. The summed E-state index contributed by atoms with van der Waals surface area (Å²) in [7, 11) is 0. The molecular weight excluding hydrogens is 394 g/mol. The summed E-state index contributed by atoms with van der Waals surface area (Å²) in [4.78, 5) is 13.7. The maximum absolute atomic E-state index is 5.86. The Kier molecular flexibility index (Phi) is 8.20. The summed E-state index contributed by atoms with van der Waals surface area (Å²) >= 11 is 1.68. The first-order valence-corrected chi connectivity index (χ1v) is 11.1. The topological polar surface area (TPSA) is 71.4 Å². The van der Waals surface area contributed by atoms with E-state index in [0.29, 0.717) is 25.6 Å². The van der Waals surface area contributed by atoms with Gasteiger partial charge in [-0.15, -0.1) is 11.3 Å². The van der Waals surface area contributed by atoms with E-state index in [9.17, 15) is 0 Å². The summed E-state index contributed by atoms with van der Waals surface area (Å²) in [6, 6.07) is 13.8. The molecule has 0 aliphatic carbocycles. The first-order chi connectivity index (χ1) is 14.6. The van der Waals surface area contributed by atoms with Crippen LogP contribution in [0.25, 0.3) is 0 Å². The van der Waals surface area contributed by atoms with Gasteiger partial charge in [0, 0.05) is 18.1 Å². The fourth-order valence-corrected chi connectivity index (χ4v) is 3.61. The van der Waals surface area contributed by atoms with E-state index in [1.807, 2.05) is 36.4 Å². The van der Waals surface area contributed by atoms with Gasteiger partial charge in [-0.05, 0) is 42.7 Å². The molecule has 0 amide bonds. The van der Waals surface area contributed by atoms with Gasteiger partial charge in [0.15, 0.2) is 5.96 Å². The standard InChI is InChI=1S/C23H29N5OS/c1-4-24-23(27-14-22-28-21(16-30-22)17(2)3)26-13-18-8-7-10-20(12-18)29-15-19-9-5-6-11-25-19/h5-12,16-17H,4,13-15H2,1-3H3,(H2,24,26,27). The summed E-state index contributed by atoms with van der Waals surface area (Å²) in [5, 5.41) is 9.85. The molecule has 1 aromatic carbocycles. The Morgan fingerprint density at radius 3 is 2.80 bits per heavy atom. The summed E-state index contributed by atoms with van der Waals surface area (Å²) in [5.74, 6) is 2.04. The number of thiazole rings is 1. The van der Waals surface area contributed by atoms with Crippen LogP contribution in [0.2, 0.25) is 0 Å².